The number of amides is 1. The molecule has 1 rings (SSSR count). The fourth-order valence-corrected chi connectivity index (χ4v) is 2.09. The van der Waals surface area contributed by atoms with Gasteiger partial charge in [0.15, 0.2) is 0 Å². The highest BCUT2D eigenvalue weighted by Gasteiger charge is 2.16. The summed E-state index contributed by atoms with van der Waals surface area (Å²) in [6.07, 6.45) is 5.89. The largest absolute Gasteiger partial charge is 0.444 e. The average molecular weight is 306 g/mol. The summed E-state index contributed by atoms with van der Waals surface area (Å²) in [6.45, 7) is 8.73. The highest BCUT2D eigenvalue weighted by molar-refractivity contribution is 5.85. The molecule has 0 saturated heterocycles. The monoisotopic (exact) mass is 306 g/mol. The van der Waals surface area contributed by atoms with E-state index in [4.69, 9.17) is 4.74 Å². The third-order valence-corrected chi connectivity index (χ3v) is 3.12. The number of rotatable bonds is 8. The molecule has 22 heavy (non-hydrogen) atoms. The molecule has 0 radical (unpaired) electrons. The SMILES string of the molecule is CCCCCCCNc1cccc(NC(=O)OC(C)(C)C)c1. The van der Waals surface area contributed by atoms with Crippen molar-refractivity contribution in [2.24, 2.45) is 0 Å². The second-order valence-corrected chi connectivity index (χ2v) is 6.55. The van der Waals surface area contributed by atoms with Crippen molar-refractivity contribution >= 4 is 17.5 Å². The molecule has 0 spiro atoms. The number of carbonyl (C=O) groups excluding carboxylic acids is 1. The van der Waals surface area contributed by atoms with Gasteiger partial charge in [-0.05, 0) is 45.4 Å². The van der Waals surface area contributed by atoms with Crippen LogP contribution in [-0.4, -0.2) is 18.2 Å². The summed E-state index contributed by atoms with van der Waals surface area (Å²) in [5.41, 5.74) is 1.27. The van der Waals surface area contributed by atoms with Crippen LogP contribution in [0, 0.1) is 0 Å². The summed E-state index contributed by atoms with van der Waals surface area (Å²) < 4.78 is 5.25. The number of benzene rings is 1. The molecule has 0 aliphatic heterocycles. The minimum Gasteiger partial charge on any atom is -0.444 e. The molecule has 1 aromatic rings. The van der Waals surface area contributed by atoms with Gasteiger partial charge in [0.2, 0.25) is 0 Å². The first-order chi connectivity index (χ1) is 10.4. The van der Waals surface area contributed by atoms with Gasteiger partial charge in [0.1, 0.15) is 5.60 Å². The van der Waals surface area contributed by atoms with Crippen LogP contribution in [0.25, 0.3) is 0 Å². The van der Waals surface area contributed by atoms with E-state index >= 15 is 0 Å². The molecule has 124 valence electrons. The zero-order valence-electron chi connectivity index (χ0n) is 14.4. The van der Waals surface area contributed by atoms with Crippen LogP contribution in [0.2, 0.25) is 0 Å². The fourth-order valence-electron chi connectivity index (χ4n) is 2.09. The zero-order chi connectivity index (χ0) is 16.4. The maximum atomic E-state index is 11.7. The Morgan fingerprint density at radius 2 is 1.77 bits per heavy atom. The van der Waals surface area contributed by atoms with Crippen molar-refractivity contribution in [2.45, 2.75) is 65.4 Å². The zero-order valence-corrected chi connectivity index (χ0v) is 14.4. The molecule has 0 bridgehead atoms. The predicted octanol–water partition coefficient (Wildman–Crippen LogP) is 5.42. The molecule has 2 N–H and O–H groups in total. The highest BCUT2D eigenvalue weighted by Crippen LogP contribution is 2.17. The topological polar surface area (TPSA) is 50.4 Å². The fraction of sp³-hybridized carbons (Fsp3) is 0.611. The van der Waals surface area contributed by atoms with Gasteiger partial charge in [0, 0.05) is 17.9 Å². The van der Waals surface area contributed by atoms with Gasteiger partial charge in [-0.1, -0.05) is 38.7 Å². The first-order valence-electron chi connectivity index (χ1n) is 8.24. The van der Waals surface area contributed by atoms with E-state index in [-0.39, 0.29) is 0 Å². The molecule has 0 unspecified atom stereocenters. The molecule has 1 aromatic carbocycles. The summed E-state index contributed by atoms with van der Waals surface area (Å²) in [5.74, 6) is 0. The maximum absolute atomic E-state index is 11.7. The lowest BCUT2D eigenvalue weighted by Gasteiger charge is -2.19. The number of anilines is 2. The molecule has 0 aliphatic rings. The molecule has 0 aliphatic carbocycles. The van der Waals surface area contributed by atoms with E-state index in [9.17, 15) is 4.79 Å². The van der Waals surface area contributed by atoms with Gasteiger partial charge in [-0.3, -0.25) is 5.32 Å². The quantitative estimate of drug-likeness (QED) is 0.631. The van der Waals surface area contributed by atoms with Gasteiger partial charge in [0.05, 0.1) is 0 Å². The Labute approximate surface area is 134 Å². The number of carbonyl (C=O) groups is 1. The van der Waals surface area contributed by atoms with E-state index in [2.05, 4.69) is 17.6 Å². The summed E-state index contributed by atoms with van der Waals surface area (Å²) in [5, 5.41) is 6.15. The molecule has 0 fully saturated rings. The van der Waals surface area contributed by atoms with Crippen LogP contribution in [0.5, 0.6) is 0 Å². The third kappa shape index (κ3) is 8.55. The van der Waals surface area contributed by atoms with Gasteiger partial charge >= 0.3 is 6.09 Å². The van der Waals surface area contributed by atoms with E-state index in [0.29, 0.717) is 0 Å². The van der Waals surface area contributed by atoms with Crippen molar-refractivity contribution in [1.29, 1.82) is 0 Å². The summed E-state index contributed by atoms with van der Waals surface area (Å²) in [4.78, 5) is 11.7. The van der Waals surface area contributed by atoms with Crippen molar-refractivity contribution in [3.63, 3.8) is 0 Å². The minimum atomic E-state index is -0.488. The van der Waals surface area contributed by atoms with Crippen molar-refractivity contribution in [1.82, 2.24) is 0 Å². The Bertz CT molecular complexity index is 453. The van der Waals surface area contributed by atoms with E-state index in [1.54, 1.807) is 0 Å². The van der Waals surface area contributed by atoms with Gasteiger partial charge in [0.25, 0.3) is 0 Å². The Morgan fingerprint density at radius 3 is 2.45 bits per heavy atom. The predicted molar refractivity (Wildman–Crippen MR) is 93.5 cm³/mol. The molecule has 4 nitrogen and oxygen atoms in total. The van der Waals surface area contributed by atoms with E-state index in [0.717, 1.165) is 17.9 Å². The van der Waals surface area contributed by atoms with Crippen LogP contribution >= 0.6 is 0 Å². The Balaban J connectivity index is 2.37. The summed E-state index contributed by atoms with van der Waals surface area (Å²) in [6, 6.07) is 7.71. The van der Waals surface area contributed by atoms with Crippen LogP contribution in [-0.2, 0) is 4.74 Å². The summed E-state index contributed by atoms with van der Waals surface area (Å²) in [7, 11) is 0. The van der Waals surface area contributed by atoms with Gasteiger partial charge in [-0.15, -0.1) is 0 Å². The first kappa shape index (κ1) is 18.3. The summed E-state index contributed by atoms with van der Waals surface area (Å²) >= 11 is 0. The normalized spacial score (nSPS) is 11.1. The van der Waals surface area contributed by atoms with Crippen molar-refractivity contribution in [2.75, 3.05) is 17.2 Å². The Kier molecular flexibility index (Phi) is 7.78. The second kappa shape index (κ2) is 9.34. The van der Waals surface area contributed by atoms with Crippen LogP contribution in [0.3, 0.4) is 0 Å². The van der Waals surface area contributed by atoms with Crippen molar-refractivity contribution in [3.8, 4) is 0 Å². The number of ether oxygens (including phenoxy) is 1. The van der Waals surface area contributed by atoms with Crippen molar-refractivity contribution in [3.05, 3.63) is 24.3 Å². The molecule has 4 heteroatoms. The highest BCUT2D eigenvalue weighted by atomic mass is 16.6. The molecular weight excluding hydrogens is 276 g/mol. The lowest BCUT2D eigenvalue weighted by molar-refractivity contribution is 0.0636. The smallest absolute Gasteiger partial charge is 0.412 e. The Morgan fingerprint density at radius 1 is 1.09 bits per heavy atom. The lowest BCUT2D eigenvalue weighted by Crippen LogP contribution is -2.27. The average Bonchev–Trinajstić information content (AvgIpc) is 2.41. The molecule has 0 heterocycles. The molecule has 1 amide bonds. The Hall–Kier alpha value is -1.71. The molecule has 0 aromatic heterocycles. The van der Waals surface area contributed by atoms with Crippen molar-refractivity contribution < 1.29 is 9.53 Å². The van der Waals surface area contributed by atoms with Crippen LogP contribution in [0.4, 0.5) is 16.2 Å². The third-order valence-electron chi connectivity index (χ3n) is 3.12. The van der Waals surface area contributed by atoms with E-state index < -0.39 is 11.7 Å². The second-order valence-electron chi connectivity index (χ2n) is 6.55. The first-order valence-corrected chi connectivity index (χ1v) is 8.24. The van der Waals surface area contributed by atoms with Crippen LogP contribution < -0.4 is 10.6 Å². The van der Waals surface area contributed by atoms with E-state index in [1.807, 2.05) is 45.0 Å². The molecular formula is C18H30N2O2. The number of unbranched alkanes of at least 4 members (excludes halogenated alkanes) is 4. The van der Waals surface area contributed by atoms with Gasteiger partial charge in [-0.25, -0.2) is 4.79 Å². The molecule has 0 saturated carbocycles. The lowest BCUT2D eigenvalue weighted by atomic mass is 10.1. The van der Waals surface area contributed by atoms with Crippen LogP contribution in [0.15, 0.2) is 24.3 Å². The molecule has 0 atom stereocenters. The van der Waals surface area contributed by atoms with Gasteiger partial charge in [-0.2, -0.15) is 0 Å². The number of nitrogens with one attached hydrogen (secondary N) is 2. The minimum absolute atomic E-state index is 0.427. The maximum Gasteiger partial charge on any atom is 0.412 e. The standard InChI is InChI=1S/C18H30N2O2/c1-5-6-7-8-9-13-19-15-11-10-12-16(14-15)20-17(21)22-18(2,3)4/h10-12,14,19H,5-9,13H2,1-4H3,(H,20,21). The number of hydrogen-bond acceptors (Lipinski definition) is 3. The van der Waals surface area contributed by atoms with E-state index in [1.165, 1.54) is 32.1 Å². The number of hydrogen-bond donors (Lipinski definition) is 2. The van der Waals surface area contributed by atoms with Gasteiger partial charge < -0.3 is 10.1 Å². The van der Waals surface area contributed by atoms with Crippen LogP contribution in [0.1, 0.15) is 59.8 Å².